The lowest BCUT2D eigenvalue weighted by atomic mass is 10.9. The molecule has 0 saturated carbocycles. The van der Waals surface area contributed by atoms with E-state index in [1.807, 2.05) is 0 Å². The van der Waals surface area contributed by atoms with Crippen molar-refractivity contribution in [1.82, 2.24) is 0 Å². The SMILES string of the molecule is O=CC[S-]. The van der Waals surface area contributed by atoms with Crippen LogP contribution in [0.4, 0.5) is 0 Å². The Kier molecular flexibility index (Phi) is 3.04. The number of rotatable bonds is 1. The van der Waals surface area contributed by atoms with Crippen molar-refractivity contribution < 1.29 is 4.79 Å². The van der Waals surface area contributed by atoms with Crippen molar-refractivity contribution in [2.45, 2.75) is 0 Å². The van der Waals surface area contributed by atoms with Gasteiger partial charge in [-0.3, -0.25) is 0 Å². The maximum atomic E-state index is 9.07. The van der Waals surface area contributed by atoms with Gasteiger partial charge in [0, 0.05) is 0 Å². The number of hydrogen-bond donors (Lipinski definition) is 0. The van der Waals surface area contributed by atoms with Crippen molar-refractivity contribution >= 4 is 18.9 Å². The Morgan fingerprint density at radius 3 is 2.25 bits per heavy atom. The molecule has 0 fully saturated rings. The van der Waals surface area contributed by atoms with E-state index in [4.69, 9.17) is 4.79 Å². The van der Waals surface area contributed by atoms with Gasteiger partial charge < -0.3 is 17.4 Å². The lowest BCUT2D eigenvalue weighted by molar-refractivity contribution is -0.105. The van der Waals surface area contributed by atoms with Gasteiger partial charge in [-0.1, -0.05) is 0 Å². The van der Waals surface area contributed by atoms with Gasteiger partial charge in [-0.05, 0) is 0 Å². The zero-order valence-corrected chi connectivity index (χ0v) is 2.92. The minimum atomic E-state index is 0.222. The lowest BCUT2D eigenvalue weighted by Gasteiger charge is -1.78. The Balaban J connectivity index is 2.30. The lowest BCUT2D eigenvalue weighted by Crippen LogP contribution is -1.70. The summed E-state index contributed by atoms with van der Waals surface area (Å²) in [5.74, 6) is 0.222. The maximum absolute atomic E-state index is 9.07. The molecule has 0 aliphatic heterocycles. The third-order valence-electron chi connectivity index (χ3n) is 0.0680. The Morgan fingerprint density at radius 2 is 2.25 bits per heavy atom. The molecule has 0 N–H and O–H groups in total. The average Bonchev–Trinajstić information content (AvgIpc) is 1.37. The summed E-state index contributed by atoms with van der Waals surface area (Å²) < 4.78 is 0. The summed E-state index contributed by atoms with van der Waals surface area (Å²) >= 11 is 4.19. The smallest absolute Gasteiger partial charge is 0.0958 e. The highest BCUT2D eigenvalue weighted by Gasteiger charge is 1.37. The fraction of sp³-hybridized carbons (Fsp3) is 0.500. The summed E-state index contributed by atoms with van der Waals surface area (Å²) in [6, 6.07) is 0. The molecule has 0 aromatic heterocycles. The van der Waals surface area contributed by atoms with Crippen LogP contribution in [-0.2, 0) is 17.4 Å². The minimum Gasteiger partial charge on any atom is -0.785 e. The van der Waals surface area contributed by atoms with E-state index in [-0.39, 0.29) is 5.75 Å². The molecule has 0 heterocycles. The van der Waals surface area contributed by atoms with Crippen LogP contribution in [0, 0.1) is 0 Å². The molecule has 4 heavy (non-hydrogen) atoms. The van der Waals surface area contributed by atoms with Crippen LogP contribution in [0.15, 0.2) is 0 Å². The number of aldehydes is 1. The minimum absolute atomic E-state index is 0.222. The molecule has 1 nitrogen and oxygen atoms in total. The molecule has 0 spiro atoms. The second-order valence-corrected chi connectivity index (χ2v) is 0.667. The summed E-state index contributed by atoms with van der Waals surface area (Å²) in [5.41, 5.74) is 0. The molecule has 0 radical (unpaired) electrons. The summed E-state index contributed by atoms with van der Waals surface area (Å²) in [4.78, 5) is 9.07. The van der Waals surface area contributed by atoms with Gasteiger partial charge >= 0.3 is 0 Å². The third-order valence-corrected chi connectivity index (χ3v) is 0.204. The molecule has 0 saturated heterocycles. The van der Waals surface area contributed by atoms with Crippen molar-refractivity contribution in [1.29, 1.82) is 0 Å². The Bertz CT molecular complexity index is 20.0. The van der Waals surface area contributed by atoms with Crippen LogP contribution in [-0.4, -0.2) is 12.0 Å². The van der Waals surface area contributed by atoms with Crippen LogP contribution in [0.1, 0.15) is 0 Å². The first-order valence-electron chi connectivity index (χ1n) is 0.933. The summed E-state index contributed by atoms with van der Waals surface area (Å²) in [6.45, 7) is 0. The summed E-state index contributed by atoms with van der Waals surface area (Å²) in [6.07, 6.45) is 0.690. The van der Waals surface area contributed by atoms with E-state index >= 15 is 0 Å². The van der Waals surface area contributed by atoms with Crippen molar-refractivity contribution in [2.75, 3.05) is 5.75 Å². The second-order valence-electron chi connectivity index (χ2n) is 0.333. The highest BCUT2D eigenvalue weighted by molar-refractivity contribution is 7.59. The van der Waals surface area contributed by atoms with Gasteiger partial charge in [0.1, 0.15) is 0 Å². The van der Waals surface area contributed by atoms with Crippen molar-refractivity contribution in [3.63, 3.8) is 0 Å². The molecule has 0 unspecified atom stereocenters. The first-order chi connectivity index (χ1) is 1.91. The molecular formula is C2H3OS-. The highest BCUT2D eigenvalue weighted by atomic mass is 32.1. The van der Waals surface area contributed by atoms with Gasteiger partial charge in [0.05, 0.1) is 6.29 Å². The maximum Gasteiger partial charge on any atom is 0.0958 e. The third kappa shape index (κ3) is 2.02. The molecule has 2 heteroatoms. The zero-order chi connectivity index (χ0) is 3.41. The van der Waals surface area contributed by atoms with E-state index in [1.54, 1.807) is 0 Å². The normalized spacial score (nSPS) is 6.25. The Morgan fingerprint density at radius 1 is 2.00 bits per heavy atom. The molecule has 0 atom stereocenters. The van der Waals surface area contributed by atoms with Gasteiger partial charge in [-0.25, -0.2) is 0 Å². The predicted molar refractivity (Wildman–Crippen MR) is 18.3 cm³/mol. The molecule has 0 aliphatic rings. The quantitative estimate of drug-likeness (QED) is 0.315. The van der Waals surface area contributed by atoms with E-state index in [0.29, 0.717) is 6.29 Å². The molecule has 0 aromatic rings. The van der Waals surface area contributed by atoms with Gasteiger partial charge in [-0.2, -0.15) is 0 Å². The van der Waals surface area contributed by atoms with Crippen molar-refractivity contribution in [2.24, 2.45) is 0 Å². The average molecular weight is 75.1 g/mol. The van der Waals surface area contributed by atoms with Crippen LogP contribution in [0.5, 0.6) is 0 Å². The first kappa shape index (κ1) is 4.02. The second kappa shape index (κ2) is 3.02. The standard InChI is InChI=1S/C2H4OS/c3-1-2-4/h1,4H,2H2/p-1. The molecule has 0 aromatic carbocycles. The van der Waals surface area contributed by atoms with Crippen LogP contribution in [0.25, 0.3) is 0 Å². The molecule has 0 aliphatic carbocycles. The molecule has 0 rings (SSSR count). The van der Waals surface area contributed by atoms with Gasteiger partial charge in [0.15, 0.2) is 0 Å². The largest absolute Gasteiger partial charge is 0.785 e. The van der Waals surface area contributed by atoms with E-state index in [2.05, 4.69) is 12.6 Å². The monoisotopic (exact) mass is 75.0 g/mol. The molecule has 24 valence electrons. The van der Waals surface area contributed by atoms with E-state index < -0.39 is 0 Å². The zero-order valence-electron chi connectivity index (χ0n) is 2.10. The van der Waals surface area contributed by atoms with E-state index in [0.717, 1.165) is 0 Å². The van der Waals surface area contributed by atoms with E-state index in [1.165, 1.54) is 0 Å². The molecule has 0 bridgehead atoms. The molecule has 0 amide bonds. The van der Waals surface area contributed by atoms with Gasteiger partial charge in [0.25, 0.3) is 0 Å². The predicted octanol–water partition coefficient (Wildman–Crippen LogP) is -0.268. The van der Waals surface area contributed by atoms with Crippen LogP contribution in [0.2, 0.25) is 0 Å². The topological polar surface area (TPSA) is 17.1 Å². The van der Waals surface area contributed by atoms with Crippen molar-refractivity contribution in [3.8, 4) is 0 Å². The fourth-order valence-corrected chi connectivity index (χ4v) is 0. The summed E-state index contributed by atoms with van der Waals surface area (Å²) in [7, 11) is 0. The van der Waals surface area contributed by atoms with Crippen molar-refractivity contribution in [3.05, 3.63) is 0 Å². The number of hydrogen-bond acceptors (Lipinski definition) is 2. The van der Waals surface area contributed by atoms with E-state index in [9.17, 15) is 0 Å². The first-order valence-corrected chi connectivity index (χ1v) is 1.51. The molecular weight excluding hydrogens is 72.1 g/mol. The fourth-order valence-electron chi connectivity index (χ4n) is 0. The Hall–Kier alpha value is 0.0200. The summed E-state index contributed by atoms with van der Waals surface area (Å²) in [5, 5.41) is 0. The van der Waals surface area contributed by atoms with Crippen LogP contribution in [0.3, 0.4) is 0 Å². The Labute approximate surface area is 30.4 Å². The van der Waals surface area contributed by atoms with Crippen LogP contribution < -0.4 is 0 Å². The van der Waals surface area contributed by atoms with Gasteiger partial charge in [0.2, 0.25) is 0 Å². The van der Waals surface area contributed by atoms with Crippen LogP contribution >= 0.6 is 0 Å². The number of carbonyl (C=O) groups is 1. The highest BCUT2D eigenvalue weighted by Crippen LogP contribution is 1.33. The van der Waals surface area contributed by atoms with Gasteiger partial charge in [-0.15, -0.1) is 5.75 Å². The number of carbonyl (C=O) groups excluding carboxylic acids is 1.